The molecule has 0 bridgehead atoms. The average Bonchev–Trinajstić information content (AvgIpc) is 3.26. The predicted molar refractivity (Wildman–Crippen MR) is 273 cm³/mol. The first-order chi connectivity index (χ1) is 31.5. The molecule has 0 amide bonds. The fourth-order valence-electron chi connectivity index (χ4n) is 7.21. The Morgan fingerprint density at radius 2 is 0.877 bits per heavy atom. The maximum atomic E-state index is 12.7. The summed E-state index contributed by atoms with van der Waals surface area (Å²) in [4.78, 5) is 37.6. The molecule has 0 aromatic heterocycles. The molecule has 0 heterocycles. The highest BCUT2D eigenvalue weighted by atomic mass is 31.2. The maximum Gasteiger partial charge on any atom is 0.306 e. The molecule has 0 spiro atoms. The fourth-order valence-corrected chi connectivity index (χ4v) is 7.94. The summed E-state index contributed by atoms with van der Waals surface area (Å²) < 4.78 is 34.0. The molecule has 0 saturated heterocycles. The van der Waals surface area contributed by atoms with Gasteiger partial charge in [-0.1, -0.05) is 216 Å². The van der Waals surface area contributed by atoms with Crippen molar-refractivity contribution < 1.29 is 42.1 Å². The van der Waals surface area contributed by atoms with E-state index in [-0.39, 0.29) is 32.0 Å². The van der Waals surface area contributed by atoms with Crippen LogP contribution < -0.4 is 4.89 Å². The first kappa shape index (κ1) is 62.7. The maximum absolute atomic E-state index is 12.7. The van der Waals surface area contributed by atoms with Gasteiger partial charge in [-0.2, -0.15) is 0 Å². The van der Waals surface area contributed by atoms with Crippen LogP contribution in [0.15, 0.2) is 60.8 Å². The molecule has 0 aliphatic heterocycles. The quantitative estimate of drug-likeness (QED) is 0.0195. The molecule has 0 saturated carbocycles. The van der Waals surface area contributed by atoms with Gasteiger partial charge < -0.3 is 27.9 Å². The van der Waals surface area contributed by atoms with Crippen molar-refractivity contribution >= 4 is 19.8 Å². The van der Waals surface area contributed by atoms with Crippen LogP contribution in [0.25, 0.3) is 0 Å². The van der Waals surface area contributed by atoms with E-state index in [4.69, 9.17) is 18.5 Å². The standard InChI is InChI=1S/C55H100NO8P/c1-6-8-10-12-14-16-18-19-20-21-22-23-24-25-26-27-28-29-30-31-32-33-34-35-36-37-38-40-42-44-46-48-55(58)64-53(52-63-65(59,60)62-50-49-56(3,4)5)51-61-54(57)47-45-43-41-39-17-15-13-11-9-7-2/h8,10,14,16,19-20,22-23,25-26,53H,6-7,9,11-13,15,17-18,21,24,27-52H2,1-5H3/b10-8-,16-14-,20-19-,23-22-,26-25-. The number of ether oxygens (including phenoxy) is 2. The number of rotatable bonds is 48. The number of allylic oxidation sites excluding steroid dienone is 10. The molecule has 0 aromatic carbocycles. The van der Waals surface area contributed by atoms with Gasteiger partial charge in [-0.3, -0.25) is 14.2 Å². The first-order valence-electron chi connectivity index (χ1n) is 26.5. The molecule has 9 nitrogen and oxygen atoms in total. The van der Waals surface area contributed by atoms with E-state index in [0.717, 1.165) is 70.6 Å². The van der Waals surface area contributed by atoms with Gasteiger partial charge in [0.05, 0.1) is 27.7 Å². The van der Waals surface area contributed by atoms with E-state index in [1.807, 2.05) is 21.1 Å². The van der Waals surface area contributed by atoms with Crippen LogP contribution in [0.4, 0.5) is 0 Å². The SMILES string of the molecule is CC/C=C\C/C=C\C/C=C\C/C=C\C/C=C\CCCCCCCCCCCCCCCCCC(=O)OC(COC(=O)CCCCCCCCCCCC)COP(=O)([O-])OCC[N+](C)(C)C. The van der Waals surface area contributed by atoms with Crippen LogP contribution in [0.3, 0.4) is 0 Å². The molecule has 0 radical (unpaired) electrons. The lowest BCUT2D eigenvalue weighted by atomic mass is 10.0. The number of hydrogen-bond acceptors (Lipinski definition) is 8. The average molecular weight is 934 g/mol. The van der Waals surface area contributed by atoms with Gasteiger partial charge in [0.1, 0.15) is 19.8 Å². The minimum atomic E-state index is -4.63. The Labute approximate surface area is 400 Å². The third-order valence-corrected chi connectivity index (χ3v) is 12.3. The van der Waals surface area contributed by atoms with Crippen LogP contribution in [0.5, 0.6) is 0 Å². The van der Waals surface area contributed by atoms with Gasteiger partial charge >= 0.3 is 11.9 Å². The summed E-state index contributed by atoms with van der Waals surface area (Å²) in [6.07, 6.45) is 58.4. The third-order valence-electron chi connectivity index (χ3n) is 11.3. The number of likely N-dealkylation sites (N-methyl/N-ethyl adjacent to an activating group) is 1. The minimum absolute atomic E-state index is 0.0305. The van der Waals surface area contributed by atoms with Crippen molar-refractivity contribution in [3.63, 3.8) is 0 Å². The van der Waals surface area contributed by atoms with Crippen molar-refractivity contribution in [2.45, 2.75) is 232 Å². The molecule has 0 N–H and O–H groups in total. The highest BCUT2D eigenvalue weighted by molar-refractivity contribution is 7.45. The molecule has 0 aromatic rings. The van der Waals surface area contributed by atoms with E-state index in [2.05, 4.69) is 74.6 Å². The number of quaternary nitrogens is 1. The first-order valence-corrected chi connectivity index (χ1v) is 28.0. The van der Waals surface area contributed by atoms with Crippen molar-refractivity contribution in [2.75, 3.05) is 47.5 Å². The Bertz CT molecular complexity index is 1290. The van der Waals surface area contributed by atoms with Crippen molar-refractivity contribution in [1.29, 1.82) is 0 Å². The summed E-state index contributed by atoms with van der Waals surface area (Å²) in [7, 11) is 1.17. The van der Waals surface area contributed by atoms with E-state index in [0.29, 0.717) is 17.4 Å². The molecule has 0 aliphatic rings. The number of phosphoric acid groups is 1. The Morgan fingerprint density at radius 3 is 1.31 bits per heavy atom. The Balaban J connectivity index is 4.04. The molecular formula is C55H100NO8P. The lowest BCUT2D eigenvalue weighted by Gasteiger charge is -2.28. The molecule has 0 aliphatic carbocycles. The highest BCUT2D eigenvalue weighted by Crippen LogP contribution is 2.38. The molecule has 10 heteroatoms. The van der Waals surface area contributed by atoms with Crippen LogP contribution in [0.1, 0.15) is 226 Å². The minimum Gasteiger partial charge on any atom is -0.756 e. The summed E-state index contributed by atoms with van der Waals surface area (Å²) in [6.45, 7) is 4.11. The summed E-state index contributed by atoms with van der Waals surface area (Å²) >= 11 is 0. The van der Waals surface area contributed by atoms with Gasteiger partial charge in [0, 0.05) is 12.8 Å². The number of carbonyl (C=O) groups excluding carboxylic acids is 2. The number of phosphoric ester groups is 1. The lowest BCUT2D eigenvalue weighted by molar-refractivity contribution is -0.870. The van der Waals surface area contributed by atoms with Gasteiger partial charge in [-0.05, 0) is 57.8 Å². The largest absolute Gasteiger partial charge is 0.756 e. The lowest BCUT2D eigenvalue weighted by Crippen LogP contribution is -2.37. The van der Waals surface area contributed by atoms with E-state index in [1.165, 1.54) is 122 Å². The molecular weight excluding hydrogens is 834 g/mol. The summed E-state index contributed by atoms with van der Waals surface area (Å²) in [6, 6.07) is 0. The zero-order valence-corrected chi connectivity index (χ0v) is 43.6. The van der Waals surface area contributed by atoms with E-state index in [9.17, 15) is 19.0 Å². The monoisotopic (exact) mass is 934 g/mol. The van der Waals surface area contributed by atoms with Crippen LogP contribution in [0.2, 0.25) is 0 Å². The Hall–Kier alpha value is -2.29. The summed E-state index contributed by atoms with van der Waals surface area (Å²) in [5.74, 6) is -0.831. The van der Waals surface area contributed by atoms with Gasteiger partial charge in [0.2, 0.25) is 0 Å². The van der Waals surface area contributed by atoms with Crippen LogP contribution in [-0.4, -0.2) is 70.0 Å². The predicted octanol–water partition coefficient (Wildman–Crippen LogP) is 15.3. The molecule has 2 unspecified atom stereocenters. The second kappa shape index (κ2) is 46.8. The van der Waals surface area contributed by atoms with Gasteiger partial charge in [0.25, 0.3) is 7.82 Å². The van der Waals surface area contributed by atoms with Crippen molar-refractivity contribution in [3.8, 4) is 0 Å². The number of carbonyl (C=O) groups is 2. The number of unbranched alkanes of at least 4 members (excludes halogenated alkanes) is 24. The van der Waals surface area contributed by atoms with Crippen molar-refractivity contribution in [3.05, 3.63) is 60.8 Å². The molecule has 378 valence electrons. The van der Waals surface area contributed by atoms with Crippen LogP contribution in [0, 0.1) is 0 Å². The van der Waals surface area contributed by atoms with Crippen LogP contribution >= 0.6 is 7.82 Å². The van der Waals surface area contributed by atoms with Crippen molar-refractivity contribution in [2.24, 2.45) is 0 Å². The van der Waals surface area contributed by atoms with Crippen molar-refractivity contribution in [1.82, 2.24) is 0 Å². The topological polar surface area (TPSA) is 111 Å². The molecule has 2 atom stereocenters. The molecule has 0 rings (SSSR count). The zero-order valence-electron chi connectivity index (χ0n) is 42.7. The Kier molecular flexibility index (Phi) is 45.2. The Morgan fingerprint density at radius 1 is 0.492 bits per heavy atom. The second-order valence-corrected chi connectivity index (χ2v) is 20.3. The second-order valence-electron chi connectivity index (χ2n) is 18.9. The summed E-state index contributed by atoms with van der Waals surface area (Å²) in [5, 5.41) is 0. The van der Waals surface area contributed by atoms with Gasteiger partial charge in [0.15, 0.2) is 6.10 Å². The molecule has 65 heavy (non-hydrogen) atoms. The third kappa shape index (κ3) is 51.0. The van der Waals surface area contributed by atoms with E-state index >= 15 is 0 Å². The van der Waals surface area contributed by atoms with Gasteiger partial charge in [-0.15, -0.1) is 0 Å². The van der Waals surface area contributed by atoms with Gasteiger partial charge in [-0.25, -0.2) is 0 Å². The number of esters is 2. The molecule has 0 fully saturated rings. The fraction of sp³-hybridized carbons (Fsp3) is 0.782. The smallest absolute Gasteiger partial charge is 0.306 e. The number of nitrogens with zero attached hydrogens (tertiary/aromatic N) is 1. The number of hydrogen-bond donors (Lipinski definition) is 0. The zero-order chi connectivity index (χ0) is 47.8. The highest BCUT2D eigenvalue weighted by Gasteiger charge is 2.21. The van der Waals surface area contributed by atoms with Crippen LogP contribution in [-0.2, 0) is 32.7 Å². The van der Waals surface area contributed by atoms with E-state index < -0.39 is 26.5 Å². The summed E-state index contributed by atoms with van der Waals surface area (Å²) in [5.41, 5.74) is 0. The van der Waals surface area contributed by atoms with E-state index in [1.54, 1.807) is 0 Å². The normalized spacial score (nSPS) is 13.9.